The maximum absolute atomic E-state index is 13.0. The highest BCUT2D eigenvalue weighted by atomic mass is 32.1. The van der Waals surface area contributed by atoms with Crippen molar-refractivity contribution in [3.05, 3.63) is 51.7 Å². The topological polar surface area (TPSA) is 29.5 Å². The molecule has 1 aliphatic heterocycles. The van der Waals surface area contributed by atoms with Crippen LogP contribution in [-0.2, 0) is 11.2 Å². The van der Waals surface area contributed by atoms with E-state index >= 15 is 0 Å². The molecule has 0 aliphatic carbocycles. The third-order valence-corrected chi connectivity index (χ3v) is 5.30. The Kier molecular flexibility index (Phi) is 4.19. The third kappa shape index (κ3) is 3.00. The number of hydrogen-bond donors (Lipinski definition) is 0. The Bertz CT molecular complexity index is 697. The number of rotatable bonds is 2. The molecule has 0 saturated carbocycles. The Morgan fingerprint density at radius 2 is 1.91 bits per heavy atom. The van der Waals surface area contributed by atoms with Crippen LogP contribution in [0.3, 0.4) is 0 Å². The fourth-order valence-corrected chi connectivity index (χ4v) is 4.02. The molecule has 1 aromatic carbocycles. The second kappa shape index (κ2) is 6.00. The molecule has 0 N–H and O–H groups in total. The van der Waals surface area contributed by atoms with E-state index in [1.165, 1.54) is 10.4 Å². The molecule has 0 bridgehead atoms. The molecule has 0 spiro atoms. The fourth-order valence-electron chi connectivity index (χ4n) is 3.11. The standard InChI is InChI=1S/C19H23NO2S/c1-19(2,3)18(21)20-11-9-16-15(10-12-23-16)17(20)13-5-7-14(22-4)8-6-13/h5-8,10,12,17H,9,11H2,1-4H3/t17-/m0/s1. The average molecular weight is 329 g/mol. The Morgan fingerprint density at radius 3 is 2.52 bits per heavy atom. The summed E-state index contributed by atoms with van der Waals surface area (Å²) in [7, 11) is 1.67. The molecule has 3 rings (SSSR count). The number of nitrogens with zero attached hydrogens (tertiary/aromatic N) is 1. The SMILES string of the molecule is COc1ccc([C@H]2c3ccsc3CCN2C(=O)C(C)(C)C)cc1. The Hall–Kier alpha value is -1.81. The van der Waals surface area contributed by atoms with Gasteiger partial charge in [-0.1, -0.05) is 32.9 Å². The lowest BCUT2D eigenvalue weighted by Gasteiger charge is -2.39. The summed E-state index contributed by atoms with van der Waals surface area (Å²) in [5.74, 6) is 1.04. The molecular weight excluding hydrogens is 306 g/mol. The number of fused-ring (bicyclic) bond motifs is 1. The molecule has 1 aliphatic rings. The first kappa shape index (κ1) is 16.1. The molecule has 23 heavy (non-hydrogen) atoms. The molecule has 1 aromatic heterocycles. The first-order valence-corrected chi connectivity index (χ1v) is 8.81. The summed E-state index contributed by atoms with van der Waals surface area (Å²) in [6, 6.07) is 10.2. The van der Waals surface area contributed by atoms with Gasteiger partial charge in [0, 0.05) is 16.8 Å². The highest BCUT2D eigenvalue weighted by Gasteiger charge is 2.37. The van der Waals surface area contributed by atoms with E-state index in [1.54, 1.807) is 18.4 Å². The molecular formula is C19H23NO2S. The number of methoxy groups -OCH3 is 1. The summed E-state index contributed by atoms with van der Waals surface area (Å²) in [4.78, 5) is 16.4. The molecule has 4 heteroatoms. The van der Waals surface area contributed by atoms with Gasteiger partial charge < -0.3 is 9.64 Å². The van der Waals surface area contributed by atoms with Crippen LogP contribution in [0.15, 0.2) is 35.7 Å². The number of thiophene rings is 1. The molecule has 122 valence electrons. The molecule has 2 heterocycles. The highest BCUT2D eigenvalue weighted by molar-refractivity contribution is 7.10. The lowest BCUT2D eigenvalue weighted by Crippen LogP contribution is -2.45. The van der Waals surface area contributed by atoms with Gasteiger partial charge >= 0.3 is 0 Å². The van der Waals surface area contributed by atoms with E-state index in [9.17, 15) is 4.79 Å². The van der Waals surface area contributed by atoms with Crippen LogP contribution in [0.25, 0.3) is 0 Å². The number of ether oxygens (including phenoxy) is 1. The lowest BCUT2D eigenvalue weighted by atomic mass is 9.88. The normalized spacial score (nSPS) is 17.7. The summed E-state index contributed by atoms with van der Waals surface area (Å²) in [6.07, 6.45) is 0.946. The van der Waals surface area contributed by atoms with Gasteiger partial charge in [0.05, 0.1) is 13.2 Å². The molecule has 0 fully saturated rings. The van der Waals surface area contributed by atoms with E-state index in [-0.39, 0.29) is 17.4 Å². The van der Waals surface area contributed by atoms with Crippen LogP contribution < -0.4 is 4.74 Å². The minimum atomic E-state index is -0.377. The predicted octanol–water partition coefficient (Wildman–Crippen LogP) is 4.28. The number of carbonyl (C=O) groups is 1. The van der Waals surface area contributed by atoms with Gasteiger partial charge in [0.15, 0.2) is 0 Å². The summed E-state index contributed by atoms with van der Waals surface area (Å²) >= 11 is 1.79. The molecule has 0 radical (unpaired) electrons. The van der Waals surface area contributed by atoms with Crippen LogP contribution in [0.5, 0.6) is 5.75 Å². The smallest absolute Gasteiger partial charge is 0.228 e. The van der Waals surface area contributed by atoms with E-state index in [0.29, 0.717) is 0 Å². The molecule has 1 atom stereocenters. The summed E-state index contributed by atoms with van der Waals surface area (Å²) in [6.45, 7) is 6.75. The second-order valence-electron chi connectivity index (χ2n) is 6.97. The minimum absolute atomic E-state index is 0.00244. The fraction of sp³-hybridized carbons (Fsp3) is 0.421. The molecule has 0 unspecified atom stereocenters. The lowest BCUT2D eigenvalue weighted by molar-refractivity contribution is -0.141. The van der Waals surface area contributed by atoms with Crippen molar-refractivity contribution in [3.63, 3.8) is 0 Å². The van der Waals surface area contributed by atoms with Crippen LogP contribution >= 0.6 is 11.3 Å². The molecule has 0 saturated heterocycles. The molecule has 3 nitrogen and oxygen atoms in total. The van der Waals surface area contributed by atoms with Gasteiger partial charge in [-0.3, -0.25) is 4.79 Å². The zero-order valence-electron chi connectivity index (χ0n) is 14.1. The van der Waals surface area contributed by atoms with Crippen molar-refractivity contribution >= 4 is 17.2 Å². The molecule has 1 amide bonds. The molecule has 2 aromatic rings. The van der Waals surface area contributed by atoms with Gasteiger partial charge in [0.2, 0.25) is 5.91 Å². The van der Waals surface area contributed by atoms with Gasteiger partial charge in [-0.2, -0.15) is 0 Å². The number of amides is 1. The van der Waals surface area contributed by atoms with Crippen LogP contribution in [-0.4, -0.2) is 24.5 Å². The van der Waals surface area contributed by atoms with Crippen molar-refractivity contribution < 1.29 is 9.53 Å². The summed E-state index contributed by atoms with van der Waals surface area (Å²) in [5, 5.41) is 2.13. The van der Waals surface area contributed by atoms with E-state index in [2.05, 4.69) is 23.6 Å². The van der Waals surface area contributed by atoms with Gasteiger partial charge in [0.25, 0.3) is 0 Å². The predicted molar refractivity (Wildman–Crippen MR) is 94.0 cm³/mol. The number of hydrogen-bond acceptors (Lipinski definition) is 3. The first-order valence-electron chi connectivity index (χ1n) is 7.93. The third-order valence-electron chi connectivity index (χ3n) is 4.30. The van der Waals surface area contributed by atoms with Crippen LogP contribution in [0.1, 0.15) is 42.8 Å². The van der Waals surface area contributed by atoms with E-state index < -0.39 is 0 Å². The first-order chi connectivity index (χ1) is 10.9. The number of carbonyl (C=O) groups excluding carboxylic acids is 1. The van der Waals surface area contributed by atoms with Crippen molar-refractivity contribution in [1.29, 1.82) is 0 Å². The maximum atomic E-state index is 13.0. The van der Waals surface area contributed by atoms with Crippen molar-refractivity contribution in [1.82, 2.24) is 4.90 Å². The summed E-state index contributed by atoms with van der Waals surface area (Å²) in [5.41, 5.74) is 2.03. The maximum Gasteiger partial charge on any atom is 0.228 e. The van der Waals surface area contributed by atoms with E-state index in [4.69, 9.17) is 4.74 Å². The number of benzene rings is 1. The second-order valence-corrected chi connectivity index (χ2v) is 7.97. The van der Waals surface area contributed by atoms with E-state index in [0.717, 1.165) is 24.3 Å². The van der Waals surface area contributed by atoms with Gasteiger partial charge in [0.1, 0.15) is 5.75 Å². The monoisotopic (exact) mass is 329 g/mol. The minimum Gasteiger partial charge on any atom is -0.497 e. The van der Waals surface area contributed by atoms with Crippen molar-refractivity contribution in [2.75, 3.05) is 13.7 Å². The quantitative estimate of drug-likeness (QED) is 0.823. The summed E-state index contributed by atoms with van der Waals surface area (Å²) < 4.78 is 5.26. The van der Waals surface area contributed by atoms with Crippen molar-refractivity contribution in [2.45, 2.75) is 33.2 Å². The van der Waals surface area contributed by atoms with Gasteiger partial charge in [-0.25, -0.2) is 0 Å². The Balaban J connectivity index is 2.04. The van der Waals surface area contributed by atoms with Crippen LogP contribution in [0, 0.1) is 5.41 Å². The van der Waals surface area contributed by atoms with Crippen molar-refractivity contribution in [3.8, 4) is 5.75 Å². The van der Waals surface area contributed by atoms with Gasteiger partial charge in [-0.05, 0) is 41.1 Å². The van der Waals surface area contributed by atoms with E-state index in [1.807, 2.05) is 37.8 Å². The average Bonchev–Trinajstić information content (AvgIpc) is 3.01. The van der Waals surface area contributed by atoms with Crippen molar-refractivity contribution in [2.24, 2.45) is 5.41 Å². The van der Waals surface area contributed by atoms with Gasteiger partial charge in [-0.15, -0.1) is 11.3 Å². The van der Waals surface area contributed by atoms with Crippen LogP contribution in [0.4, 0.5) is 0 Å². The van der Waals surface area contributed by atoms with Crippen LogP contribution in [0.2, 0.25) is 0 Å². The highest BCUT2D eigenvalue weighted by Crippen LogP contribution is 2.40. The zero-order chi connectivity index (χ0) is 16.6. The Labute approximate surface area is 141 Å². The Morgan fingerprint density at radius 1 is 1.22 bits per heavy atom. The zero-order valence-corrected chi connectivity index (χ0v) is 14.9. The largest absolute Gasteiger partial charge is 0.497 e.